The molecule has 2 aromatic rings. The first-order valence-electron chi connectivity index (χ1n) is 5.65. The number of aromatic amines is 1. The minimum absolute atomic E-state index is 0.433. The standard InChI is InChI=1S/C11H14BN3O3S/c1-7-13-11(15-14-7)19-6-8-5-9(12(16)17)3-4-10(8)18-2/h3-5,16-17H,6H2,1-2H3,(H,13,14,15). The second kappa shape index (κ2) is 6.09. The van der Waals surface area contributed by atoms with E-state index in [1.807, 2.05) is 6.92 Å². The molecule has 0 bridgehead atoms. The lowest BCUT2D eigenvalue weighted by molar-refractivity contribution is 0.410. The Balaban J connectivity index is 2.15. The molecule has 6 nitrogen and oxygen atoms in total. The van der Waals surface area contributed by atoms with Gasteiger partial charge in [0.2, 0.25) is 5.16 Å². The third kappa shape index (κ3) is 3.49. The van der Waals surface area contributed by atoms with Crippen molar-refractivity contribution in [2.45, 2.75) is 17.8 Å². The van der Waals surface area contributed by atoms with Crippen LogP contribution in [0.15, 0.2) is 23.4 Å². The highest BCUT2D eigenvalue weighted by Crippen LogP contribution is 2.25. The molecule has 19 heavy (non-hydrogen) atoms. The van der Waals surface area contributed by atoms with Crippen LogP contribution in [0.1, 0.15) is 11.4 Å². The van der Waals surface area contributed by atoms with E-state index in [1.165, 1.54) is 11.8 Å². The van der Waals surface area contributed by atoms with Gasteiger partial charge in [-0.2, -0.15) is 0 Å². The number of hydrogen-bond acceptors (Lipinski definition) is 6. The Kier molecular flexibility index (Phi) is 4.46. The summed E-state index contributed by atoms with van der Waals surface area (Å²) in [6.07, 6.45) is 0. The quantitative estimate of drug-likeness (QED) is 0.531. The number of aryl methyl sites for hydroxylation is 1. The first kappa shape index (κ1) is 13.9. The zero-order valence-corrected chi connectivity index (χ0v) is 11.4. The molecule has 0 amide bonds. The fourth-order valence-corrected chi connectivity index (χ4v) is 2.42. The summed E-state index contributed by atoms with van der Waals surface area (Å²) >= 11 is 1.45. The largest absolute Gasteiger partial charge is 0.496 e. The molecule has 1 aromatic heterocycles. The number of rotatable bonds is 5. The van der Waals surface area contributed by atoms with E-state index in [0.717, 1.165) is 11.4 Å². The Bertz CT molecular complexity index is 562. The molecular weight excluding hydrogens is 265 g/mol. The number of aromatic nitrogens is 3. The van der Waals surface area contributed by atoms with Crippen molar-refractivity contribution in [3.63, 3.8) is 0 Å². The zero-order valence-electron chi connectivity index (χ0n) is 10.6. The van der Waals surface area contributed by atoms with Crippen molar-refractivity contribution in [3.8, 4) is 5.75 Å². The SMILES string of the molecule is COc1ccc(B(O)O)cc1CSc1n[nH]c(C)n1. The van der Waals surface area contributed by atoms with E-state index in [0.29, 0.717) is 22.1 Å². The van der Waals surface area contributed by atoms with Crippen molar-refractivity contribution in [1.29, 1.82) is 0 Å². The molecule has 0 saturated carbocycles. The fraction of sp³-hybridized carbons (Fsp3) is 0.273. The topological polar surface area (TPSA) is 91.3 Å². The highest BCUT2D eigenvalue weighted by Gasteiger charge is 2.14. The molecule has 0 fully saturated rings. The number of benzene rings is 1. The molecule has 3 N–H and O–H groups in total. The number of hydrogen-bond donors (Lipinski definition) is 3. The summed E-state index contributed by atoms with van der Waals surface area (Å²) in [7, 11) is 0.0931. The van der Waals surface area contributed by atoms with Crippen LogP contribution in [0.25, 0.3) is 0 Å². The van der Waals surface area contributed by atoms with Gasteiger partial charge in [0.25, 0.3) is 0 Å². The minimum Gasteiger partial charge on any atom is -0.496 e. The predicted molar refractivity (Wildman–Crippen MR) is 73.5 cm³/mol. The predicted octanol–water partition coefficient (Wildman–Crippen LogP) is 0.0938. The maximum atomic E-state index is 9.18. The van der Waals surface area contributed by atoms with Gasteiger partial charge in [0.05, 0.1) is 7.11 Å². The van der Waals surface area contributed by atoms with E-state index in [1.54, 1.807) is 25.3 Å². The summed E-state index contributed by atoms with van der Waals surface area (Å²) in [4.78, 5) is 4.20. The van der Waals surface area contributed by atoms with Crippen molar-refractivity contribution < 1.29 is 14.8 Å². The van der Waals surface area contributed by atoms with Gasteiger partial charge in [0.15, 0.2) is 0 Å². The van der Waals surface area contributed by atoms with E-state index in [2.05, 4.69) is 15.2 Å². The molecule has 8 heteroatoms. The summed E-state index contributed by atoms with van der Waals surface area (Å²) in [6.45, 7) is 1.83. The third-order valence-corrected chi connectivity index (χ3v) is 3.43. The van der Waals surface area contributed by atoms with Gasteiger partial charge in [-0.25, -0.2) is 4.98 Å². The van der Waals surface area contributed by atoms with Gasteiger partial charge in [-0.15, -0.1) is 5.10 Å². The molecule has 2 rings (SSSR count). The van der Waals surface area contributed by atoms with Gasteiger partial charge in [-0.3, -0.25) is 5.10 Å². The summed E-state index contributed by atoms with van der Waals surface area (Å²) in [5.74, 6) is 2.04. The van der Waals surface area contributed by atoms with E-state index in [4.69, 9.17) is 4.74 Å². The molecule has 0 radical (unpaired) electrons. The highest BCUT2D eigenvalue weighted by molar-refractivity contribution is 7.98. The number of ether oxygens (including phenoxy) is 1. The summed E-state index contributed by atoms with van der Waals surface area (Å²) in [5.41, 5.74) is 1.29. The molecule has 0 aliphatic rings. The fourth-order valence-electron chi connectivity index (χ4n) is 1.60. The van der Waals surface area contributed by atoms with Crippen LogP contribution in [0.5, 0.6) is 5.75 Å². The van der Waals surface area contributed by atoms with Crippen LogP contribution >= 0.6 is 11.8 Å². The van der Waals surface area contributed by atoms with Gasteiger partial charge < -0.3 is 14.8 Å². The Morgan fingerprint density at radius 3 is 2.79 bits per heavy atom. The average Bonchev–Trinajstić information content (AvgIpc) is 2.81. The lowest BCUT2D eigenvalue weighted by atomic mass is 9.79. The normalized spacial score (nSPS) is 10.5. The molecule has 0 unspecified atom stereocenters. The zero-order chi connectivity index (χ0) is 13.8. The molecular formula is C11H14BN3O3S. The Morgan fingerprint density at radius 1 is 1.42 bits per heavy atom. The molecule has 1 aromatic carbocycles. The molecule has 0 aliphatic heterocycles. The second-order valence-corrected chi connectivity index (χ2v) is 4.88. The van der Waals surface area contributed by atoms with E-state index >= 15 is 0 Å². The molecule has 0 atom stereocenters. The first-order valence-corrected chi connectivity index (χ1v) is 6.63. The van der Waals surface area contributed by atoms with E-state index < -0.39 is 7.12 Å². The summed E-state index contributed by atoms with van der Waals surface area (Å²) in [6, 6.07) is 5.04. The van der Waals surface area contributed by atoms with Crippen molar-refractivity contribution in [1.82, 2.24) is 15.2 Å². The average molecular weight is 279 g/mol. The van der Waals surface area contributed by atoms with E-state index in [-0.39, 0.29) is 0 Å². The second-order valence-electron chi connectivity index (χ2n) is 3.94. The summed E-state index contributed by atoms with van der Waals surface area (Å²) in [5, 5.41) is 25.8. The third-order valence-electron chi connectivity index (χ3n) is 2.54. The van der Waals surface area contributed by atoms with Crippen LogP contribution in [-0.2, 0) is 5.75 Å². The van der Waals surface area contributed by atoms with Gasteiger partial charge in [0.1, 0.15) is 11.6 Å². The van der Waals surface area contributed by atoms with Crippen molar-refractivity contribution >= 4 is 24.3 Å². The van der Waals surface area contributed by atoms with Crippen LogP contribution in [-0.4, -0.2) is 39.5 Å². The van der Waals surface area contributed by atoms with Gasteiger partial charge in [-0.05, 0) is 18.5 Å². The Morgan fingerprint density at radius 2 is 2.21 bits per heavy atom. The van der Waals surface area contributed by atoms with Gasteiger partial charge in [-0.1, -0.05) is 23.9 Å². The van der Waals surface area contributed by atoms with Crippen LogP contribution in [0.4, 0.5) is 0 Å². The number of nitrogens with one attached hydrogen (secondary N) is 1. The van der Waals surface area contributed by atoms with Crippen LogP contribution < -0.4 is 10.2 Å². The minimum atomic E-state index is -1.49. The Labute approximate surface area is 115 Å². The first-order chi connectivity index (χ1) is 9.10. The maximum Gasteiger partial charge on any atom is 0.488 e. The molecule has 0 saturated heterocycles. The Hall–Kier alpha value is -1.51. The van der Waals surface area contributed by atoms with Crippen LogP contribution in [0, 0.1) is 6.92 Å². The maximum absolute atomic E-state index is 9.18. The van der Waals surface area contributed by atoms with Crippen LogP contribution in [0.2, 0.25) is 0 Å². The molecule has 100 valence electrons. The highest BCUT2D eigenvalue weighted by atomic mass is 32.2. The lowest BCUT2D eigenvalue weighted by Gasteiger charge is -2.09. The number of H-pyrrole nitrogens is 1. The lowest BCUT2D eigenvalue weighted by Crippen LogP contribution is -2.30. The van der Waals surface area contributed by atoms with Crippen molar-refractivity contribution in [2.24, 2.45) is 0 Å². The van der Waals surface area contributed by atoms with Crippen molar-refractivity contribution in [2.75, 3.05) is 7.11 Å². The van der Waals surface area contributed by atoms with Gasteiger partial charge >= 0.3 is 7.12 Å². The van der Waals surface area contributed by atoms with Gasteiger partial charge in [0, 0.05) is 11.3 Å². The monoisotopic (exact) mass is 279 g/mol. The number of methoxy groups -OCH3 is 1. The number of thioether (sulfide) groups is 1. The van der Waals surface area contributed by atoms with Crippen molar-refractivity contribution in [3.05, 3.63) is 29.6 Å². The van der Waals surface area contributed by atoms with E-state index in [9.17, 15) is 10.0 Å². The van der Waals surface area contributed by atoms with Crippen LogP contribution in [0.3, 0.4) is 0 Å². The summed E-state index contributed by atoms with van der Waals surface area (Å²) < 4.78 is 5.25. The molecule has 0 spiro atoms. The smallest absolute Gasteiger partial charge is 0.488 e. The molecule has 1 heterocycles. The number of nitrogens with zero attached hydrogens (tertiary/aromatic N) is 2. The molecule has 0 aliphatic carbocycles.